The Morgan fingerprint density at radius 2 is 2.21 bits per heavy atom. The van der Waals surface area contributed by atoms with Crippen LogP contribution in [0.2, 0.25) is 0 Å². The molecule has 4 nitrogen and oxygen atoms in total. The highest BCUT2D eigenvalue weighted by atomic mass is 19.1. The van der Waals surface area contributed by atoms with Gasteiger partial charge in [0.05, 0.1) is 6.04 Å². The van der Waals surface area contributed by atoms with Crippen LogP contribution < -0.4 is 11.2 Å². The molecular weight excluding hydrogens is 185 g/mol. The quantitative estimate of drug-likeness (QED) is 0.379. The van der Waals surface area contributed by atoms with E-state index < -0.39 is 6.04 Å². The summed E-state index contributed by atoms with van der Waals surface area (Å²) in [7, 11) is 0. The van der Waals surface area contributed by atoms with Crippen molar-refractivity contribution in [2.24, 2.45) is 10.7 Å². The summed E-state index contributed by atoms with van der Waals surface area (Å²) < 4.78 is 13.2. The van der Waals surface area contributed by atoms with Crippen molar-refractivity contribution in [2.45, 2.75) is 13.0 Å². The fraction of sp³-hybridized carbons (Fsp3) is 0.222. The van der Waals surface area contributed by atoms with Crippen LogP contribution in [0.15, 0.2) is 29.3 Å². The SMILES string of the molecule is CC(N=C(N)NO)c1ccccc1F. The van der Waals surface area contributed by atoms with Crippen molar-refractivity contribution in [3.63, 3.8) is 0 Å². The van der Waals surface area contributed by atoms with Gasteiger partial charge in [0, 0.05) is 5.56 Å². The molecule has 1 unspecified atom stereocenters. The fourth-order valence-electron chi connectivity index (χ4n) is 1.12. The van der Waals surface area contributed by atoms with E-state index in [1.54, 1.807) is 30.6 Å². The molecule has 1 rings (SSSR count). The van der Waals surface area contributed by atoms with Crippen LogP contribution in [0.5, 0.6) is 0 Å². The summed E-state index contributed by atoms with van der Waals surface area (Å²) in [5.41, 5.74) is 7.35. The summed E-state index contributed by atoms with van der Waals surface area (Å²) in [5.74, 6) is -0.477. The standard InChI is InChI=1S/C9H12FN3O/c1-6(12-9(11)13-14)7-4-2-3-5-8(7)10/h2-6,14H,1H3,(H3,11,12,13). The van der Waals surface area contributed by atoms with Crippen molar-refractivity contribution in [1.29, 1.82) is 0 Å². The van der Waals surface area contributed by atoms with Crippen molar-refractivity contribution in [3.05, 3.63) is 35.6 Å². The van der Waals surface area contributed by atoms with Crippen molar-refractivity contribution in [3.8, 4) is 0 Å². The van der Waals surface area contributed by atoms with Crippen LogP contribution in [-0.4, -0.2) is 11.2 Å². The van der Waals surface area contributed by atoms with Crippen molar-refractivity contribution in [2.75, 3.05) is 0 Å². The minimum atomic E-state index is -0.434. The van der Waals surface area contributed by atoms with Gasteiger partial charge in [0.15, 0.2) is 0 Å². The Bertz CT molecular complexity index is 341. The maximum Gasteiger partial charge on any atom is 0.213 e. The third-order valence-electron chi connectivity index (χ3n) is 1.80. The summed E-state index contributed by atoms with van der Waals surface area (Å²) in [4.78, 5) is 3.82. The Morgan fingerprint density at radius 3 is 2.79 bits per heavy atom. The van der Waals surface area contributed by atoms with Crippen molar-refractivity contribution >= 4 is 5.96 Å². The second kappa shape index (κ2) is 4.57. The maximum absolute atomic E-state index is 13.2. The van der Waals surface area contributed by atoms with E-state index in [0.29, 0.717) is 5.56 Å². The minimum absolute atomic E-state index is 0.138. The van der Waals surface area contributed by atoms with Gasteiger partial charge in [-0.25, -0.2) is 14.9 Å². The number of guanidine groups is 1. The van der Waals surface area contributed by atoms with Crippen LogP contribution in [0, 0.1) is 5.82 Å². The zero-order valence-corrected chi connectivity index (χ0v) is 7.74. The third-order valence-corrected chi connectivity index (χ3v) is 1.80. The monoisotopic (exact) mass is 197 g/mol. The number of nitrogens with one attached hydrogen (secondary N) is 1. The van der Waals surface area contributed by atoms with E-state index in [-0.39, 0.29) is 11.8 Å². The van der Waals surface area contributed by atoms with E-state index in [9.17, 15) is 4.39 Å². The van der Waals surface area contributed by atoms with Gasteiger partial charge in [-0.05, 0) is 13.0 Å². The van der Waals surface area contributed by atoms with Gasteiger partial charge in [0.1, 0.15) is 5.82 Å². The van der Waals surface area contributed by atoms with Gasteiger partial charge in [0.2, 0.25) is 5.96 Å². The minimum Gasteiger partial charge on any atom is -0.368 e. The van der Waals surface area contributed by atoms with E-state index in [4.69, 9.17) is 10.9 Å². The van der Waals surface area contributed by atoms with E-state index in [2.05, 4.69) is 4.99 Å². The number of nitrogens with two attached hydrogens (primary N) is 1. The first kappa shape index (κ1) is 10.5. The van der Waals surface area contributed by atoms with Crippen LogP contribution >= 0.6 is 0 Å². The molecule has 0 radical (unpaired) electrons. The molecule has 0 fully saturated rings. The lowest BCUT2D eigenvalue weighted by molar-refractivity contribution is 0.232. The summed E-state index contributed by atoms with van der Waals surface area (Å²) in [5, 5.41) is 8.40. The van der Waals surface area contributed by atoms with E-state index in [0.717, 1.165) is 0 Å². The molecule has 0 aromatic heterocycles. The number of rotatable bonds is 2. The van der Waals surface area contributed by atoms with Gasteiger partial charge >= 0.3 is 0 Å². The maximum atomic E-state index is 13.2. The number of aliphatic imine (C=N–C) groups is 1. The highest BCUT2D eigenvalue weighted by Crippen LogP contribution is 2.19. The number of hydroxylamine groups is 1. The molecule has 0 aliphatic heterocycles. The van der Waals surface area contributed by atoms with Gasteiger partial charge in [-0.2, -0.15) is 0 Å². The number of hydrogen-bond donors (Lipinski definition) is 3. The largest absolute Gasteiger partial charge is 0.368 e. The predicted molar refractivity (Wildman–Crippen MR) is 51.4 cm³/mol. The highest BCUT2D eigenvalue weighted by Gasteiger charge is 2.08. The van der Waals surface area contributed by atoms with Gasteiger partial charge < -0.3 is 5.73 Å². The van der Waals surface area contributed by atoms with Crippen LogP contribution in [0.1, 0.15) is 18.5 Å². The Kier molecular flexibility index (Phi) is 3.41. The smallest absolute Gasteiger partial charge is 0.213 e. The van der Waals surface area contributed by atoms with Crippen LogP contribution in [0.3, 0.4) is 0 Å². The molecular formula is C9H12FN3O. The predicted octanol–water partition coefficient (Wildman–Crippen LogP) is 1.18. The zero-order valence-electron chi connectivity index (χ0n) is 7.74. The summed E-state index contributed by atoms with van der Waals surface area (Å²) in [6.45, 7) is 1.68. The van der Waals surface area contributed by atoms with E-state index in [1.165, 1.54) is 6.07 Å². The average molecular weight is 197 g/mol. The first-order valence-corrected chi connectivity index (χ1v) is 4.13. The molecule has 4 N–H and O–H groups in total. The van der Waals surface area contributed by atoms with Gasteiger partial charge in [-0.1, -0.05) is 18.2 Å². The molecule has 0 amide bonds. The molecule has 5 heteroatoms. The number of benzene rings is 1. The second-order valence-corrected chi connectivity index (χ2v) is 2.82. The zero-order chi connectivity index (χ0) is 10.6. The third kappa shape index (κ3) is 2.43. The lowest BCUT2D eigenvalue weighted by Crippen LogP contribution is -2.28. The van der Waals surface area contributed by atoms with Crippen molar-refractivity contribution in [1.82, 2.24) is 5.48 Å². The normalized spacial score (nSPS) is 13.8. The summed E-state index contributed by atoms with van der Waals surface area (Å²) in [6.07, 6.45) is 0. The van der Waals surface area contributed by atoms with Crippen LogP contribution in [-0.2, 0) is 0 Å². The molecule has 0 spiro atoms. The lowest BCUT2D eigenvalue weighted by Gasteiger charge is -2.08. The molecule has 0 aliphatic rings. The Morgan fingerprint density at radius 1 is 1.57 bits per heavy atom. The lowest BCUT2D eigenvalue weighted by atomic mass is 10.1. The molecule has 0 saturated carbocycles. The van der Waals surface area contributed by atoms with E-state index >= 15 is 0 Å². The van der Waals surface area contributed by atoms with Crippen LogP contribution in [0.4, 0.5) is 4.39 Å². The Labute approximate surface area is 81.2 Å². The van der Waals surface area contributed by atoms with Crippen molar-refractivity contribution < 1.29 is 9.60 Å². The van der Waals surface area contributed by atoms with Crippen LogP contribution in [0.25, 0.3) is 0 Å². The second-order valence-electron chi connectivity index (χ2n) is 2.82. The van der Waals surface area contributed by atoms with Gasteiger partial charge in [0.25, 0.3) is 0 Å². The molecule has 0 saturated heterocycles. The Hall–Kier alpha value is -1.62. The molecule has 76 valence electrons. The van der Waals surface area contributed by atoms with Gasteiger partial charge in [-0.3, -0.25) is 5.21 Å². The summed E-state index contributed by atoms with van der Waals surface area (Å²) >= 11 is 0. The topological polar surface area (TPSA) is 70.6 Å². The number of hydrogen-bond acceptors (Lipinski definition) is 2. The summed E-state index contributed by atoms with van der Waals surface area (Å²) in [6, 6.07) is 5.85. The average Bonchev–Trinajstić information content (AvgIpc) is 2.18. The first-order valence-electron chi connectivity index (χ1n) is 4.13. The molecule has 0 aliphatic carbocycles. The van der Waals surface area contributed by atoms with Gasteiger partial charge in [-0.15, -0.1) is 0 Å². The highest BCUT2D eigenvalue weighted by molar-refractivity contribution is 5.76. The molecule has 14 heavy (non-hydrogen) atoms. The number of halogens is 1. The molecule has 0 bridgehead atoms. The first-order chi connectivity index (χ1) is 6.65. The fourth-order valence-corrected chi connectivity index (χ4v) is 1.12. The number of nitrogens with zero attached hydrogens (tertiary/aromatic N) is 1. The molecule has 1 aromatic rings. The molecule has 1 aromatic carbocycles. The molecule has 0 heterocycles. The molecule has 1 atom stereocenters. The Balaban J connectivity index is 2.90. The van der Waals surface area contributed by atoms with E-state index in [1.807, 2.05) is 0 Å².